The third-order valence-electron chi connectivity index (χ3n) is 2.69. The molecule has 0 atom stereocenters. The van der Waals surface area contributed by atoms with Crippen molar-refractivity contribution in [3.63, 3.8) is 0 Å². The van der Waals surface area contributed by atoms with Crippen molar-refractivity contribution in [2.24, 2.45) is 5.41 Å². The largest absolute Gasteiger partial charge is 0.0839 e. The molecule has 0 spiro atoms. The molecular weight excluding hydrogens is 120 g/mol. The monoisotopic (exact) mass is 134 g/mol. The van der Waals surface area contributed by atoms with Crippen molar-refractivity contribution in [1.29, 1.82) is 0 Å². The average molecular weight is 134 g/mol. The Labute approximate surface area is 62.6 Å². The van der Waals surface area contributed by atoms with Gasteiger partial charge in [0.1, 0.15) is 0 Å². The molecule has 0 aromatic carbocycles. The van der Waals surface area contributed by atoms with Crippen LogP contribution in [0.25, 0.3) is 0 Å². The first-order valence-electron chi connectivity index (χ1n) is 4.18. The second-order valence-electron chi connectivity index (χ2n) is 3.70. The fourth-order valence-electron chi connectivity index (χ4n) is 1.54. The van der Waals surface area contributed by atoms with Crippen molar-refractivity contribution in [3.05, 3.63) is 23.8 Å². The fourth-order valence-corrected chi connectivity index (χ4v) is 1.54. The number of rotatable bonds is 1. The van der Waals surface area contributed by atoms with Gasteiger partial charge in [-0.15, -0.1) is 0 Å². The van der Waals surface area contributed by atoms with Gasteiger partial charge in [-0.05, 0) is 36.7 Å². The summed E-state index contributed by atoms with van der Waals surface area (Å²) >= 11 is 0. The summed E-state index contributed by atoms with van der Waals surface area (Å²) in [6.45, 7) is 2.37. The zero-order valence-electron chi connectivity index (χ0n) is 6.56. The van der Waals surface area contributed by atoms with E-state index in [1.807, 2.05) is 0 Å². The average Bonchev–Trinajstić information content (AvgIpc) is 2.72. The van der Waals surface area contributed by atoms with Crippen molar-refractivity contribution in [2.45, 2.75) is 32.6 Å². The first-order valence-corrected chi connectivity index (χ1v) is 4.18. The lowest BCUT2D eigenvalue weighted by molar-refractivity contribution is 0.697. The van der Waals surface area contributed by atoms with Crippen LogP contribution in [0.3, 0.4) is 0 Å². The van der Waals surface area contributed by atoms with Crippen LogP contribution < -0.4 is 0 Å². The van der Waals surface area contributed by atoms with Gasteiger partial charge in [-0.3, -0.25) is 0 Å². The minimum Gasteiger partial charge on any atom is -0.0839 e. The summed E-state index contributed by atoms with van der Waals surface area (Å²) in [5.41, 5.74) is 2.19. The fraction of sp³-hybridized carbons (Fsp3) is 0.600. The molecule has 0 nitrogen and oxygen atoms in total. The highest BCUT2D eigenvalue weighted by Crippen LogP contribution is 2.52. The Morgan fingerprint density at radius 1 is 1.30 bits per heavy atom. The van der Waals surface area contributed by atoms with Gasteiger partial charge in [0.25, 0.3) is 0 Å². The summed E-state index contributed by atoms with van der Waals surface area (Å²) in [5, 5.41) is 0. The predicted octanol–water partition coefficient (Wildman–Crippen LogP) is 3.06. The van der Waals surface area contributed by atoms with Gasteiger partial charge in [0.15, 0.2) is 0 Å². The van der Waals surface area contributed by atoms with Crippen LogP contribution in [-0.4, -0.2) is 0 Å². The molecule has 0 radical (unpaired) electrons. The van der Waals surface area contributed by atoms with E-state index in [0.717, 1.165) is 0 Å². The molecule has 0 heterocycles. The quantitative estimate of drug-likeness (QED) is 0.517. The Kier molecular flexibility index (Phi) is 1.23. The standard InChI is InChI=1S/C10H14/c1-10(7-8-10)9-5-3-2-4-6-9/h3,5-6H,2,4,7-8H2,1H3. The van der Waals surface area contributed by atoms with E-state index in [1.165, 1.54) is 25.7 Å². The van der Waals surface area contributed by atoms with E-state index in [-0.39, 0.29) is 0 Å². The number of allylic oxidation sites excluding steroid dienone is 4. The smallest absolute Gasteiger partial charge is 0.00779 e. The van der Waals surface area contributed by atoms with Gasteiger partial charge in [0.05, 0.1) is 0 Å². The molecule has 2 rings (SSSR count). The minimum atomic E-state index is 0.594. The topological polar surface area (TPSA) is 0 Å². The SMILES string of the molecule is CC1(C2=CCCC=C2)CC1. The van der Waals surface area contributed by atoms with Crippen LogP contribution in [0.2, 0.25) is 0 Å². The van der Waals surface area contributed by atoms with Crippen LogP contribution >= 0.6 is 0 Å². The molecule has 0 aliphatic heterocycles. The van der Waals surface area contributed by atoms with Crippen molar-refractivity contribution < 1.29 is 0 Å². The van der Waals surface area contributed by atoms with E-state index in [2.05, 4.69) is 25.2 Å². The lowest BCUT2D eigenvalue weighted by Gasteiger charge is -2.12. The third-order valence-corrected chi connectivity index (χ3v) is 2.69. The van der Waals surface area contributed by atoms with Gasteiger partial charge in [0.2, 0.25) is 0 Å². The van der Waals surface area contributed by atoms with E-state index < -0.39 is 0 Å². The maximum absolute atomic E-state index is 2.41. The van der Waals surface area contributed by atoms with Crippen LogP contribution in [0, 0.1) is 5.41 Å². The highest BCUT2D eigenvalue weighted by atomic mass is 14.4. The summed E-state index contributed by atoms with van der Waals surface area (Å²) in [7, 11) is 0. The van der Waals surface area contributed by atoms with Gasteiger partial charge < -0.3 is 0 Å². The van der Waals surface area contributed by atoms with E-state index in [9.17, 15) is 0 Å². The summed E-state index contributed by atoms with van der Waals surface area (Å²) in [4.78, 5) is 0. The summed E-state index contributed by atoms with van der Waals surface area (Å²) in [6.07, 6.45) is 12.4. The van der Waals surface area contributed by atoms with E-state index in [0.29, 0.717) is 5.41 Å². The van der Waals surface area contributed by atoms with Crippen molar-refractivity contribution >= 4 is 0 Å². The molecule has 54 valence electrons. The molecule has 10 heavy (non-hydrogen) atoms. The van der Waals surface area contributed by atoms with Crippen molar-refractivity contribution in [1.82, 2.24) is 0 Å². The zero-order chi connectivity index (χ0) is 7.03. The maximum Gasteiger partial charge on any atom is -0.00779 e. The molecule has 0 unspecified atom stereocenters. The van der Waals surface area contributed by atoms with Gasteiger partial charge in [0, 0.05) is 0 Å². The first-order chi connectivity index (χ1) is 4.81. The van der Waals surface area contributed by atoms with Gasteiger partial charge in [-0.25, -0.2) is 0 Å². The Hall–Kier alpha value is -0.520. The Morgan fingerprint density at radius 3 is 2.60 bits per heavy atom. The third kappa shape index (κ3) is 0.920. The van der Waals surface area contributed by atoms with Gasteiger partial charge in [-0.2, -0.15) is 0 Å². The summed E-state index contributed by atoms with van der Waals surface area (Å²) in [6, 6.07) is 0. The summed E-state index contributed by atoms with van der Waals surface area (Å²) < 4.78 is 0. The second kappa shape index (κ2) is 1.98. The molecule has 0 aromatic rings. The van der Waals surface area contributed by atoms with Crippen molar-refractivity contribution in [3.8, 4) is 0 Å². The maximum atomic E-state index is 2.41. The molecular formula is C10H14. The number of hydrogen-bond acceptors (Lipinski definition) is 0. The molecule has 0 heteroatoms. The van der Waals surface area contributed by atoms with Crippen molar-refractivity contribution in [2.75, 3.05) is 0 Å². The zero-order valence-corrected chi connectivity index (χ0v) is 6.56. The van der Waals surface area contributed by atoms with Crippen LogP contribution in [0.1, 0.15) is 32.6 Å². The lowest BCUT2D eigenvalue weighted by atomic mass is 9.93. The Bertz CT molecular complexity index is 192. The lowest BCUT2D eigenvalue weighted by Crippen LogP contribution is -1.97. The first kappa shape index (κ1) is 6.21. The minimum absolute atomic E-state index is 0.594. The van der Waals surface area contributed by atoms with Gasteiger partial charge in [-0.1, -0.05) is 25.2 Å². The molecule has 2 aliphatic rings. The molecule has 2 aliphatic carbocycles. The Balaban J connectivity index is 2.17. The normalized spacial score (nSPS) is 27.9. The highest BCUT2D eigenvalue weighted by Gasteiger charge is 2.39. The highest BCUT2D eigenvalue weighted by molar-refractivity contribution is 5.32. The van der Waals surface area contributed by atoms with E-state index in [1.54, 1.807) is 5.57 Å². The molecule has 0 amide bonds. The molecule has 0 N–H and O–H groups in total. The summed E-state index contributed by atoms with van der Waals surface area (Å²) in [5.74, 6) is 0. The van der Waals surface area contributed by atoms with Crippen LogP contribution in [-0.2, 0) is 0 Å². The Morgan fingerprint density at radius 2 is 2.10 bits per heavy atom. The molecule has 1 saturated carbocycles. The van der Waals surface area contributed by atoms with E-state index in [4.69, 9.17) is 0 Å². The second-order valence-corrected chi connectivity index (χ2v) is 3.70. The molecule has 1 fully saturated rings. The van der Waals surface area contributed by atoms with Gasteiger partial charge >= 0.3 is 0 Å². The van der Waals surface area contributed by atoms with Crippen LogP contribution in [0.5, 0.6) is 0 Å². The number of hydrogen-bond donors (Lipinski definition) is 0. The van der Waals surface area contributed by atoms with Crippen LogP contribution in [0.4, 0.5) is 0 Å². The molecule has 0 aromatic heterocycles. The van der Waals surface area contributed by atoms with Crippen LogP contribution in [0.15, 0.2) is 23.8 Å². The molecule has 0 bridgehead atoms. The predicted molar refractivity (Wildman–Crippen MR) is 43.8 cm³/mol. The van der Waals surface area contributed by atoms with E-state index >= 15 is 0 Å². The molecule has 0 saturated heterocycles.